The number of carbonyl (C=O) groups is 2. The SMILES string of the molecule is Cc1ccc(C)n1C1CCN(C(=O)C2=NNC(=O)CC2)CC1. The molecular formula is C16H22N4O2. The van der Waals surface area contributed by atoms with Crippen LogP contribution in [0.5, 0.6) is 0 Å². The van der Waals surface area contributed by atoms with Crippen molar-refractivity contribution < 1.29 is 9.59 Å². The van der Waals surface area contributed by atoms with Crippen LogP contribution < -0.4 is 5.43 Å². The largest absolute Gasteiger partial charge is 0.346 e. The molecule has 3 rings (SSSR count). The fourth-order valence-electron chi connectivity index (χ4n) is 3.39. The Labute approximate surface area is 130 Å². The molecule has 0 radical (unpaired) electrons. The molecule has 0 aromatic carbocycles. The highest BCUT2D eigenvalue weighted by Gasteiger charge is 2.28. The maximum Gasteiger partial charge on any atom is 0.270 e. The number of aryl methyl sites for hydroxylation is 2. The third-order valence-electron chi connectivity index (χ3n) is 4.59. The van der Waals surface area contributed by atoms with Crippen LogP contribution in [0.15, 0.2) is 17.2 Å². The summed E-state index contributed by atoms with van der Waals surface area (Å²) in [6.07, 6.45) is 2.71. The van der Waals surface area contributed by atoms with Crippen LogP contribution in [0.4, 0.5) is 0 Å². The molecule has 2 amide bonds. The zero-order chi connectivity index (χ0) is 15.7. The lowest BCUT2D eigenvalue weighted by Gasteiger charge is -2.34. The average molecular weight is 302 g/mol. The van der Waals surface area contributed by atoms with Crippen molar-refractivity contribution in [3.63, 3.8) is 0 Å². The summed E-state index contributed by atoms with van der Waals surface area (Å²) in [5.41, 5.74) is 5.43. The maximum atomic E-state index is 12.4. The number of hydrogen-bond acceptors (Lipinski definition) is 3. The topological polar surface area (TPSA) is 66.7 Å². The van der Waals surface area contributed by atoms with E-state index in [0.29, 0.717) is 24.6 Å². The van der Waals surface area contributed by atoms with E-state index in [9.17, 15) is 9.59 Å². The van der Waals surface area contributed by atoms with Gasteiger partial charge in [0.05, 0.1) is 0 Å². The molecule has 0 aliphatic carbocycles. The van der Waals surface area contributed by atoms with E-state index < -0.39 is 0 Å². The van der Waals surface area contributed by atoms with Gasteiger partial charge < -0.3 is 9.47 Å². The number of nitrogens with zero attached hydrogens (tertiary/aromatic N) is 3. The van der Waals surface area contributed by atoms with Crippen molar-refractivity contribution in [2.24, 2.45) is 5.10 Å². The van der Waals surface area contributed by atoms with Crippen molar-refractivity contribution in [2.45, 2.75) is 45.6 Å². The molecule has 2 aliphatic heterocycles. The zero-order valence-corrected chi connectivity index (χ0v) is 13.1. The highest BCUT2D eigenvalue weighted by atomic mass is 16.2. The molecule has 1 aromatic heterocycles. The third kappa shape index (κ3) is 2.77. The minimum atomic E-state index is -0.117. The Hall–Kier alpha value is -2.11. The minimum absolute atomic E-state index is 0.0283. The van der Waals surface area contributed by atoms with Crippen molar-refractivity contribution >= 4 is 17.5 Å². The van der Waals surface area contributed by atoms with Crippen molar-refractivity contribution in [1.29, 1.82) is 0 Å². The van der Waals surface area contributed by atoms with Crippen molar-refractivity contribution in [1.82, 2.24) is 14.9 Å². The van der Waals surface area contributed by atoms with Gasteiger partial charge in [-0.15, -0.1) is 0 Å². The Morgan fingerprint density at radius 3 is 2.36 bits per heavy atom. The van der Waals surface area contributed by atoms with Crippen molar-refractivity contribution in [3.05, 3.63) is 23.5 Å². The molecule has 1 aromatic rings. The predicted octanol–water partition coefficient (Wildman–Crippen LogP) is 1.53. The molecule has 1 saturated heterocycles. The summed E-state index contributed by atoms with van der Waals surface area (Å²) in [4.78, 5) is 25.4. The second kappa shape index (κ2) is 5.94. The van der Waals surface area contributed by atoms with E-state index in [0.717, 1.165) is 25.9 Å². The summed E-state index contributed by atoms with van der Waals surface area (Å²) < 4.78 is 2.38. The molecule has 0 bridgehead atoms. The second-order valence-corrected chi connectivity index (χ2v) is 6.10. The molecule has 6 heteroatoms. The van der Waals surface area contributed by atoms with Gasteiger partial charge in [-0.3, -0.25) is 9.59 Å². The molecule has 2 aliphatic rings. The van der Waals surface area contributed by atoms with Gasteiger partial charge in [-0.2, -0.15) is 5.10 Å². The quantitative estimate of drug-likeness (QED) is 0.900. The number of aromatic nitrogens is 1. The smallest absolute Gasteiger partial charge is 0.270 e. The monoisotopic (exact) mass is 302 g/mol. The Morgan fingerprint density at radius 1 is 1.18 bits per heavy atom. The lowest BCUT2D eigenvalue weighted by molar-refractivity contribution is -0.125. The number of piperidine rings is 1. The van der Waals surface area contributed by atoms with Gasteiger partial charge in [0, 0.05) is 43.4 Å². The Kier molecular flexibility index (Phi) is 4.00. The molecule has 118 valence electrons. The molecule has 6 nitrogen and oxygen atoms in total. The van der Waals surface area contributed by atoms with Gasteiger partial charge in [-0.05, 0) is 38.8 Å². The number of rotatable bonds is 2. The van der Waals surface area contributed by atoms with Crippen LogP contribution in [-0.2, 0) is 9.59 Å². The summed E-state index contributed by atoms with van der Waals surface area (Å²) in [6.45, 7) is 5.75. The predicted molar refractivity (Wildman–Crippen MR) is 83.6 cm³/mol. The van der Waals surface area contributed by atoms with Gasteiger partial charge >= 0.3 is 0 Å². The van der Waals surface area contributed by atoms with Gasteiger partial charge in [0.15, 0.2) is 0 Å². The van der Waals surface area contributed by atoms with Crippen LogP contribution in [0, 0.1) is 13.8 Å². The first-order valence-corrected chi connectivity index (χ1v) is 7.85. The first-order valence-electron chi connectivity index (χ1n) is 7.85. The van der Waals surface area contributed by atoms with Crippen molar-refractivity contribution in [3.8, 4) is 0 Å². The zero-order valence-electron chi connectivity index (χ0n) is 13.1. The molecule has 22 heavy (non-hydrogen) atoms. The number of hydrogen-bond donors (Lipinski definition) is 1. The van der Waals surface area contributed by atoms with E-state index >= 15 is 0 Å². The van der Waals surface area contributed by atoms with Crippen LogP contribution in [0.25, 0.3) is 0 Å². The molecule has 1 N–H and O–H groups in total. The fourth-order valence-corrected chi connectivity index (χ4v) is 3.39. The summed E-state index contributed by atoms with van der Waals surface area (Å²) in [5.74, 6) is -0.145. The number of likely N-dealkylation sites (tertiary alicyclic amines) is 1. The maximum absolute atomic E-state index is 12.4. The molecule has 0 unspecified atom stereocenters. The van der Waals surface area contributed by atoms with E-state index in [1.165, 1.54) is 11.4 Å². The Balaban J connectivity index is 1.62. The van der Waals surface area contributed by atoms with Crippen LogP contribution >= 0.6 is 0 Å². The standard InChI is InChI=1S/C16H22N4O2/c1-11-3-4-12(2)20(11)13-7-9-19(10-8-13)16(22)14-5-6-15(21)18-17-14/h3-4,13H,5-10H2,1-2H3,(H,18,21). The number of amides is 2. The van der Waals surface area contributed by atoms with Crippen LogP contribution in [-0.4, -0.2) is 40.1 Å². The molecule has 1 fully saturated rings. The molecule has 0 atom stereocenters. The number of hydrazone groups is 1. The highest BCUT2D eigenvalue weighted by Crippen LogP contribution is 2.26. The summed E-state index contributed by atoms with van der Waals surface area (Å²) in [6, 6.07) is 4.76. The van der Waals surface area contributed by atoms with Gasteiger partial charge in [-0.1, -0.05) is 0 Å². The average Bonchev–Trinajstić information content (AvgIpc) is 2.86. The first kappa shape index (κ1) is 14.8. The van der Waals surface area contributed by atoms with Gasteiger partial charge in [-0.25, -0.2) is 5.43 Å². The lowest BCUT2D eigenvalue weighted by Crippen LogP contribution is -2.44. The summed E-state index contributed by atoms with van der Waals surface area (Å²) in [7, 11) is 0. The van der Waals surface area contributed by atoms with Gasteiger partial charge in [0.25, 0.3) is 5.91 Å². The van der Waals surface area contributed by atoms with Crippen LogP contribution in [0.3, 0.4) is 0 Å². The highest BCUT2D eigenvalue weighted by molar-refractivity contribution is 6.39. The molecular weight excluding hydrogens is 280 g/mol. The fraction of sp³-hybridized carbons (Fsp3) is 0.562. The molecule has 0 spiro atoms. The van der Waals surface area contributed by atoms with Gasteiger partial charge in [0.2, 0.25) is 5.91 Å². The summed E-state index contributed by atoms with van der Waals surface area (Å²) >= 11 is 0. The normalized spacial score (nSPS) is 19.8. The van der Waals surface area contributed by atoms with Crippen molar-refractivity contribution in [2.75, 3.05) is 13.1 Å². The van der Waals surface area contributed by atoms with Crippen LogP contribution in [0.1, 0.15) is 43.1 Å². The van der Waals surface area contributed by atoms with E-state index in [1.54, 1.807) is 0 Å². The molecule has 0 saturated carbocycles. The lowest BCUT2D eigenvalue weighted by atomic mass is 10.0. The first-order chi connectivity index (χ1) is 10.6. The Bertz CT molecular complexity index is 605. The van der Waals surface area contributed by atoms with E-state index in [1.807, 2.05) is 4.90 Å². The number of nitrogens with one attached hydrogen (secondary N) is 1. The van der Waals surface area contributed by atoms with Crippen LogP contribution in [0.2, 0.25) is 0 Å². The molecule has 3 heterocycles. The van der Waals surface area contributed by atoms with Gasteiger partial charge in [0.1, 0.15) is 5.71 Å². The van der Waals surface area contributed by atoms with E-state index in [4.69, 9.17) is 0 Å². The summed E-state index contributed by atoms with van der Waals surface area (Å²) in [5, 5.41) is 3.90. The minimum Gasteiger partial charge on any atom is -0.346 e. The Morgan fingerprint density at radius 2 is 1.82 bits per heavy atom. The second-order valence-electron chi connectivity index (χ2n) is 6.10. The van der Waals surface area contributed by atoms with E-state index in [2.05, 4.69) is 41.1 Å². The number of carbonyl (C=O) groups excluding carboxylic acids is 2. The van der Waals surface area contributed by atoms with E-state index in [-0.39, 0.29) is 11.8 Å². The third-order valence-corrected chi connectivity index (χ3v) is 4.59.